The van der Waals surface area contributed by atoms with Gasteiger partial charge in [-0.3, -0.25) is 19.0 Å². The summed E-state index contributed by atoms with van der Waals surface area (Å²) in [7, 11) is 0. The van der Waals surface area contributed by atoms with Crippen LogP contribution < -0.4 is 15.6 Å². The van der Waals surface area contributed by atoms with Crippen molar-refractivity contribution >= 4 is 44.9 Å². The molecule has 35 heavy (non-hydrogen) atoms. The number of nitrogens with one attached hydrogen (secondary N) is 1. The summed E-state index contributed by atoms with van der Waals surface area (Å²) in [6.45, 7) is 1.45. The number of thiophene rings is 1. The molecule has 0 bridgehead atoms. The van der Waals surface area contributed by atoms with E-state index >= 15 is 0 Å². The number of ether oxygens (including phenoxy) is 2. The van der Waals surface area contributed by atoms with E-state index in [0.717, 1.165) is 16.9 Å². The molecule has 0 unspecified atom stereocenters. The van der Waals surface area contributed by atoms with Gasteiger partial charge in [0.1, 0.15) is 22.1 Å². The van der Waals surface area contributed by atoms with E-state index < -0.39 is 11.5 Å². The first kappa shape index (κ1) is 22.5. The van der Waals surface area contributed by atoms with Crippen molar-refractivity contribution in [3.05, 3.63) is 86.8 Å². The number of anilines is 1. The minimum Gasteiger partial charge on any atom is -0.482 e. The van der Waals surface area contributed by atoms with E-state index in [9.17, 15) is 19.2 Å². The number of carbonyl (C=O) groups excluding carboxylic acids is 3. The fourth-order valence-corrected chi connectivity index (χ4v) is 4.79. The molecule has 2 aromatic carbocycles. The van der Waals surface area contributed by atoms with Gasteiger partial charge in [-0.2, -0.15) is 0 Å². The fraction of sp³-hybridized carbons (Fsp3) is 0.160. The molecule has 0 aliphatic carbocycles. The minimum atomic E-state index is -0.533. The molecule has 1 N–H and O–H groups in total. The maximum atomic E-state index is 13.2. The van der Waals surface area contributed by atoms with Gasteiger partial charge in [0.05, 0.1) is 23.9 Å². The van der Waals surface area contributed by atoms with Crippen LogP contribution >= 0.6 is 11.3 Å². The number of amides is 1. The second kappa shape index (κ2) is 9.15. The van der Waals surface area contributed by atoms with Crippen molar-refractivity contribution in [2.24, 2.45) is 0 Å². The molecule has 0 saturated heterocycles. The normalized spacial score (nSPS) is 12.5. The first-order valence-corrected chi connectivity index (χ1v) is 11.5. The van der Waals surface area contributed by atoms with Gasteiger partial charge in [0.25, 0.3) is 11.5 Å². The summed E-state index contributed by atoms with van der Waals surface area (Å²) in [5.41, 5.74) is 1.62. The third-order valence-corrected chi connectivity index (χ3v) is 6.74. The van der Waals surface area contributed by atoms with Gasteiger partial charge in [0.15, 0.2) is 12.4 Å². The molecule has 0 radical (unpaired) electrons. The van der Waals surface area contributed by atoms with E-state index in [1.807, 2.05) is 30.3 Å². The van der Waals surface area contributed by atoms with Crippen LogP contribution in [0.1, 0.15) is 31.2 Å². The van der Waals surface area contributed by atoms with Crippen LogP contribution in [0.4, 0.5) is 5.69 Å². The van der Waals surface area contributed by atoms with Crippen molar-refractivity contribution in [2.75, 3.05) is 11.9 Å². The number of hydrogen-bond donors (Lipinski definition) is 1. The molecule has 9 nitrogen and oxygen atoms in total. The number of rotatable bonds is 6. The fourth-order valence-electron chi connectivity index (χ4n) is 3.76. The van der Waals surface area contributed by atoms with Gasteiger partial charge >= 0.3 is 5.97 Å². The Kier molecular flexibility index (Phi) is 5.87. The second-order valence-electron chi connectivity index (χ2n) is 7.95. The largest absolute Gasteiger partial charge is 0.482 e. The quantitative estimate of drug-likeness (QED) is 0.326. The van der Waals surface area contributed by atoms with E-state index in [4.69, 9.17) is 9.47 Å². The van der Waals surface area contributed by atoms with E-state index in [-0.39, 0.29) is 36.8 Å². The number of Topliss-reactive ketones (excluding diaryl/α,β-unsaturated/α-hetero) is 1. The number of nitrogens with zero attached hydrogens (tertiary/aromatic N) is 2. The number of aryl methyl sites for hydroxylation is 1. The number of ketones is 1. The van der Waals surface area contributed by atoms with Crippen LogP contribution in [0, 0.1) is 6.92 Å². The van der Waals surface area contributed by atoms with Gasteiger partial charge in [-0.15, -0.1) is 11.3 Å². The number of carbonyl (C=O) groups is 3. The van der Waals surface area contributed by atoms with Crippen LogP contribution in [0.5, 0.6) is 5.75 Å². The van der Waals surface area contributed by atoms with E-state index in [1.165, 1.54) is 17.0 Å². The standard InChI is InChI=1S/C25H19N3O6S/c1-14-21-23(35-22(14)25(32)34-11-15-5-3-2-4-6-15)26-13-28(24(21)31)10-18(29)16-7-8-19-17(9-16)27-20(30)12-33-19/h2-9,13H,10-12H2,1H3,(H,27,30). The third-order valence-electron chi connectivity index (χ3n) is 5.56. The van der Waals surface area contributed by atoms with Gasteiger partial charge in [0, 0.05) is 5.56 Å². The number of esters is 1. The molecular formula is C25H19N3O6S. The second-order valence-corrected chi connectivity index (χ2v) is 8.95. The summed E-state index contributed by atoms with van der Waals surface area (Å²) in [6.07, 6.45) is 1.29. The van der Waals surface area contributed by atoms with Crippen molar-refractivity contribution < 1.29 is 23.9 Å². The highest BCUT2D eigenvalue weighted by atomic mass is 32.1. The Morgan fingerprint density at radius 1 is 1.17 bits per heavy atom. The van der Waals surface area contributed by atoms with Crippen molar-refractivity contribution in [1.82, 2.24) is 9.55 Å². The highest BCUT2D eigenvalue weighted by molar-refractivity contribution is 7.20. The molecule has 1 aliphatic heterocycles. The minimum absolute atomic E-state index is 0.0802. The zero-order valence-electron chi connectivity index (χ0n) is 18.6. The Hall–Kier alpha value is -4.31. The summed E-state index contributed by atoms with van der Waals surface area (Å²) in [5.74, 6) is -0.707. The topological polar surface area (TPSA) is 117 Å². The molecule has 0 atom stereocenters. The molecule has 5 rings (SSSR count). The van der Waals surface area contributed by atoms with Crippen LogP contribution in [0.25, 0.3) is 10.2 Å². The summed E-state index contributed by atoms with van der Waals surface area (Å²) < 4.78 is 11.9. The summed E-state index contributed by atoms with van der Waals surface area (Å²) in [6, 6.07) is 14.0. The molecule has 1 aliphatic rings. The zero-order chi connectivity index (χ0) is 24.5. The van der Waals surface area contributed by atoms with Gasteiger partial charge < -0.3 is 14.8 Å². The van der Waals surface area contributed by atoms with Crippen LogP contribution in [0.3, 0.4) is 0 Å². The third kappa shape index (κ3) is 4.43. The molecule has 176 valence electrons. The smallest absolute Gasteiger partial charge is 0.349 e. The Morgan fingerprint density at radius 3 is 2.77 bits per heavy atom. The van der Waals surface area contributed by atoms with Crippen molar-refractivity contribution in [1.29, 1.82) is 0 Å². The average molecular weight is 490 g/mol. The van der Waals surface area contributed by atoms with Crippen LogP contribution in [-0.4, -0.2) is 33.8 Å². The Morgan fingerprint density at radius 2 is 1.97 bits per heavy atom. The molecule has 4 aromatic rings. The molecule has 0 saturated carbocycles. The summed E-state index contributed by atoms with van der Waals surface area (Å²) in [5, 5.41) is 2.94. The number of aromatic nitrogens is 2. The van der Waals surface area contributed by atoms with Crippen molar-refractivity contribution in [3.63, 3.8) is 0 Å². The Bertz CT molecular complexity index is 1540. The molecular weight excluding hydrogens is 470 g/mol. The lowest BCUT2D eigenvalue weighted by atomic mass is 10.1. The van der Waals surface area contributed by atoms with Gasteiger partial charge in [-0.25, -0.2) is 9.78 Å². The van der Waals surface area contributed by atoms with Crippen LogP contribution in [0.15, 0.2) is 59.7 Å². The lowest BCUT2D eigenvalue weighted by Gasteiger charge is -2.18. The van der Waals surface area contributed by atoms with Crippen molar-refractivity contribution in [2.45, 2.75) is 20.1 Å². The first-order chi connectivity index (χ1) is 16.9. The maximum absolute atomic E-state index is 13.2. The summed E-state index contributed by atoms with van der Waals surface area (Å²) in [4.78, 5) is 55.2. The summed E-state index contributed by atoms with van der Waals surface area (Å²) >= 11 is 1.08. The number of fused-ring (bicyclic) bond motifs is 2. The predicted molar refractivity (Wildman–Crippen MR) is 129 cm³/mol. The Labute approximate surface area is 202 Å². The monoisotopic (exact) mass is 489 g/mol. The highest BCUT2D eigenvalue weighted by Crippen LogP contribution is 2.29. The Balaban J connectivity index is 1.38. The van der Waals surface area contributed by atoms with Crippen LogP contribution in [-0.2, 0) is 22.7 Å². The molecule has 0 fully saturated rings. The van der Waals surface area contributed by atoms with Gasteiger partial charge in [0.2, 0.25) is 0 Å². The maximum Gasteiger partial charge on any atom is 0.349 e. The van der Waals surface area contributed by atoms with Crippen molar-refractivity contribution in [3.8, 4) is 5.75 Å². The molecule has 0 spiro atoms. The zero-order valence-corrected chi connectivity index (χ0v) is 19.4. The average Bonchev–Trinajstić information content (AvgIpc) is 3.21. The highest BCUT2D eigenvalue weighted by Gasteiger charge is 2.22. The number of hydrogen-bond acceptors (Lipinski definition) is 8. The van der Waals surface area contributed by atoms with E-state index in [2.05, 4.69) is 10.3 Å². The number of benzene rings is 2. The molecule has 10 heteroatoms. The molecule has 1 amide bonds. The van der Waals surface area contributed by atoms with Gasteiger partial charge in [-0.1, -0.05) is 30.3 Å². The van der Waals surface area contributed by atoms with E-state index in [1.54, 1.807) is 19.1 Å². The lowest BCUT2D eigenvalue weighted by molar-refractivity contribution is -0.118. The SMILES string of the molecule is Cc1c(C(=O)OCc2ccccc2)sc2ncn(CC(=O)c3ccc4c(c3)NC(=O)CO4)c(=O)c12. The van der Waals surface area contributed by atoms with Gasteiger partial charge in [-0.05, 0) is 36.2 Å². The lowest BCUT2D eigenvalue weighted by Crippen LogP contribution is -2.26. The predicted octanol–water partition coefficient (Wildman–Crippen LogP) is 3.34. The van der Waals surface area contributed by atoms with Crippen LogP contribution in [0.2, 0.25) is 0 Å². The molecule has 2 aromatic heterocycles. The van der Waals surface area contributed by atoms with E-state index in [0.29, 0.717) is 32.3 Å². The first-order valence-electron chi connectivity index (χ1n) is 10.7. The molecule has 3 heterocycles.